The Morgan fingerprint density at radius 1 is 1.36 bits per heavy atom. The van der Waals surface area contributed by atoms with Crippen molar-refractivity contribution in [3.05, 3.63) is 0 Å². The van der Waals surface area contributed by atoms with Gasteiger partial charge in [0.15, 0.2) is 0 Å². The molecule has 0 aromatic heterocycles. The zero-order valence-electron chi connectivity index (χ0n) is 9.71. The molecule has 0 aliphatic rings. The summed E-state index contributed by atoms with van der Waals surface area (Å²) in [6, 6.07) is 2.27. The summed E-state index contributed by atoms with van der Waals surface area (Å²) in [5.74, 6) is 0.140. The highest BCUT2D eigenvalue weighted by Gasteiger charge is 2.06. The normalized spacial score (nSPS) is 12.8. The molecule has 82 valence electrons. The van der Waals surface area contributed by atoms with E-state index in [0.29, 0.717) is 0 Å². The van der Waals surface area contributed by atoms with E-state index in [1.807, 2.05) is 6.92 Å². The van der Waals surface area contributed by atoms with Crippen LogP contribution in [0.15, 0.2) is 0 Å². The Balaban J connectivity index is 3.54. The van der Waals surface area contributed by atoms with E-state index in [-0.39, 0.29) is 5.92 Å². The topological polar surface area (TPSA) is 39.1 Å². The lowest BCUT2D eigenvalue weighted by atomic mass is 10.2. The summed E-state index contributed by atoms with van der Waals surface area (Å²) in [6.07, 6.45) is 1.18. The lowest BCUT2D eigenvalue weighted by molar-refractivity contribution is 0.268. The van der Waals surface area contributed by atoms with Gasteiger partial charge in [0.2, 0.25) is 0 Å². The molecule has 0 saturated carbocycles. The van der Waals surface area contributed by atoms with Gasteiger partial charge in [-0.1, -0.05) is 13.8 Å². The van der Waals surface area contributed by atoms with E-state index in [2.05, 4.69) is 30.1 Å². The predicted octanol–water partition coefficient (Wildman–Crippen LogP) is 1.47. The number of nitriles is 1. The average Bonchev–Trinajstić information content (AvgIpc) is 2.22. The SMILES string of the molecule is CCCNCCN(CC)CC(C)C#N. The molecular formula is C11H23N3. The van der Waals surface area contributed by atoms with E-state index in [1.54, 1.807) is 0 Å². The van der Waals surface area contributed by atoms with Crippen molar-refractivity contribution in [2.45, 2.75) is 27.2 Å². The van der Waals surface area contributed by atoms with Crippen LogP contribution < -0.4 is 5.32 Å². The molecule has 1 N–H and O–H groups in total. The number of likely N-dealkylation sites (N-methyl/N-ethyl adjacent to an activating group) is 1. The van der Waals surface area contributed by atoms with Crippen LogP contribution in [0.3, 0.4) is 0 Å². The first-order valence-corrected chi connectivity index (χ1v) is 5.57. The Hall–Kier alpha value is -0.590. The smallest absolute Gasteiger partial charge is 0.0666 e. The Bertz CT molecular complexity index is 162. The molecule has 0 aliphatic carbocycles. The number of nitrogens with zero attached hydrogens (tertiary/aromatic N) is 2. The predicted molar refractivity (Wildman–Crippen MR) is 60.1 cm³/mol. The molecule has 0 rings (SSSR count). The van der Waals surface area contributed by atoms with E-state index in [4.69, 9.17) is 5.26 Å². The molecule has 3 nitrogen and oxygen atoms in total. The number of nitrogens with one attached hydrogen (secondary N) is 1. The Kier molecular flexibility index (Phi) is 8.61. The molecule has 0 aromatic carbocycles. The van der Waals surface area contributed by atoms with Crippen molar-refractivity contribution in [2.24, 2.45) is 5.92 Å². The zero-order chi connectivity index (χ0) is 10.8. The van der Waals surface area contributed by atoms with E-state index in [9.17, 15) is 0 Å². The summed E-state index contributed by atoms with van der Waals surface area (Å²) in [6.45, 7) is 11.4. The monoisotopic (exact) mass is 197 g/mol. The van der Waals surface area contributed by atoms with Crippen molar-refractivity contribution in [3.63, 3.8) is 0 Å². The van der Waals surface area contributed by atoms with E-state index >= 15 is 0 Å². The number of rotatable bonds is 8. The molecule has 0 amide bonds. The number of hydrogen-bond donors (Lipinski definition) is 1. The quantitative estimate of drug-likeness (QED) is 0.599. The van der Waals surface area contributed by atoms with Crippen molar-refractivity contribution < 1.29 is 0 Å². The summed E-state index contributed by atoms with van der Waals surface area (Å²) in [5, 5.41) is 12.1. The highest BCUT2D eigenvalue weighted by atomic mass is 15.1. The van der Waals surface area contributed by atoms with E-state index in [0.717, 1.165) is 32.7 Å². The Morgan fingerprint density at radius 3 is 2.57 bits per heavy atom. The minimum atomic E-state index is 0.140. The molecule has 0 aromatic rings. The summed E-state index contributed by atoms with van der Waals surface area (Å²) < 4.78 is 0. The van der Waals surface area contributed by atoms with Crippen LogP contribution in [0.2, 0.25) is 0 Å². The van der Waals surface area contributed by atoms with Crippen LogP contribution in [0.1, 0.15) is 27.2 Å². The van der Waals surface area contributed by atoms with Gasteiger partial charge < -0.3 is 10.2 Å². The lowest BCUT2D eigenvalue weighted by Crippen LogP contribution is -2.34. The standard InChI is InChI=1S/C11H23N3/c1-4-6-13-7-8-14(5-2)10-11(3)9-12/h11,13H,4-8,10H2,1-3H3. The third-order valence-corrected chi connectivity index (χ3v) is 2.23. The first kappa shape index (κ1) is 13.4. The minimum absolute atomic E-state index is 0.140. The average molecular weight is 197 g/mol. The fourth-order valence-electron chi connectivity index (χ4n) is 1.35. The van der Waals surface area contributed by atoms with Gasteiger partial charge in [-0.25, -0.2) is 0 Å². The van der Waals surface area contributed by atoms with Crippen LogP contribution in [0.4, 0.5) is 0 Å². The Morgan fingerprint density at radius 2 is 2.07 bits per heavy atom. The second kappa shape index (κ2) is 8.98. The first-order chi connectivity index (χ1) is 6.74. The summed E-state index contributed by atoms with van der Waals surface area (Å²) in [5.41, 5.74) is 0. The van der Waals surface area contributed by atoms with Gasteiger partial charge in [0.05, 0.1) is 12.0 Å². The molecule has 0 bridgehead atoms. The number of hydrogen-bond acceptors (Lipinski definition) is 3. The molecule has 1 atom stereocenters. The van der Waals surface area contributed by atoms with Crippen LogP contribution in [0.25, 0.3) is 0 Å². The third kappa shape index (κ3) is 6.88. The van der Waals surface area contributed by atoms with Crippen LogP contribution in [-0.2, 0) is 0 Å². The molecule has 14 heavy (non-hydrogen) atoms. The fraction of sp³-hybridized carbons (Fsp3) is 0.909. The highest BCUT2D eigenvalue weighted by Crippen LogP contribution is 1.97. The maximum Gasteiger partial charge on any atom is 0.0666 e. The molecular weight excluding hydrogens is 174 g/mol. The van der Waals surface area contributed by atoms with Gasteiger partial charge >= 0.3 is 0 Å². The van der Waals surface area contributed by atoms with Gasteiger partial charge in [0, 0.05) is 19.6 Å². The van der Waals surface area contributed by atoms with Gasteiger partial charge in [0.1, 0.15) is 0 Å². The second-order valence-electron chi connectivity index (χ2n) is 3.67. The van der Waals surface area contributed by atoms with E-state index in [1.165, 1.54) is 6.42 Å². The molecule has 3 heteroatoms. The molecule has 0 spiro atoms. The molecule has 0 saturated heterocycles. The van der Waals surface area contributed by atoms with Crippen LogP contribution in [0, 0.1) is 17.2 Å². The maximum atomic E-state index is 8.70. The second-order valence-corrected chi connectivity index (χ2v) is 3.67. The Labute approximate surface area is 88.1 Å². The zero-order valence-corrected chi connectivity index (χ0v) is 9.71. The minimum Gasteiger partial charge on any atom is -0.315 e. The van der Waals surface area contributed by atoms with Crippen molar-refractivity contribution in [3.8, 4) is 6.07 Å². The summed E-state index contributed by atoms with van der Waals surface area (Å²) >= 11 is 0. The molecule has 0 heterocycles. The van der Waals surface area contributed by atoms with Crippen LogP contribution in [0.5, 0.6) is 0 Å². The maximum absolute atomic E-state index is 8.70. The summed E-state index contributed by atoms with van der Waals surface area (Å²) in [4.78, 5) is 2.32. The van der Waals surface area contributed by atoms with Gasteiger partial charge in [-0.3, -0.25) is 0 Å². The molecule has 0 aliphatic heterocycles. The van der Waals surface area contributed by atoms with E-state index < -0.39 is 0 Å². The van der Waals surface area contributed by atoms with Crippen molar-refractivity contribution in [1.82, 2.24) is 10.2 Å². The lowest BCUT2D eigenvalue weighted by Gasteiger charge is -2.21. The van der Waals surface area contributed by atoms with Gasteiger partial charge in [-0.05, 0) is 26.4 Å². The van der Waals surface area contributed by atoms with Crippen LogP contribution in [-0.4, -0.2) is 37.6 Å². The highest BCUT2D eigenvalue weighted by molar-refractivity contribution is 4.81. The molecule has 1 unspecified atom stereocenters. The van der Waals surface area contributed by atoms with Crippen LogP contribution >= 0.6 is 0 Å². The fourth-order valence-corrected chi connectivity index (χ4v) is 1.35. The van der Waals surface area contributed by atoms with Gasteiger partial charge in [0.25, 0.3) is 0 Å². The molecule has 0 fully saturated rings. The van der Waals surface area contributed by atoms with Crippen molar-refractivity contribution in [1.29, 1.82) is 5.26 Å². The van der Waals surface area contributed by atoms with Crippen molar-refractivity contribution in [2.75, 3.05) is 32.7 Å². The first-order valence-electron chi connectivity index (χ1n) is 5.57. The summed E-state index contributed by atoms with van der Waals surface area (Å²) in [7, 11) is 0. The third-order valence-electron chi connectivity index (χ3n) is 2.23. The van der Waals surface area contributed by atoms with Gasteiger partial charge in [-0.15, -0.1) is 0 Å². The largest absolute Gasteiger partial charge is 0.315 e. The van der Waals surface area contributed by atoms with Crippen molar-refractivity contribution >= 4 is 0 Å². The van der Waals surface area contributed by atoms with Gasteiger partial charge in [-0.2, -0.15) is 5.26 Å². The molecule has 0 radical (unpaired) electrons.